The highest BCUT2D eigenvalue weighted by Gasteiger charge is 2.59. The summed E-state index contributed by atoms with van der Waals surface area (Å²) in [6.07, 6.45) is 0.744. The standard InChI is InChI=1S/C26H28F3N3O3S/c1-35-20-11-12-22-21(15-20)25(32(13-14-36-25)24(34)30-19-5-3-2-4-6-19)23(33)31(22)16-17-7-9-18(10-8-17)26(27,28)29/h7-12,15,19H,2-6,13-14,16H2,1H3,(H,30,34)/t25-/m0/s1. The number of amides is 3. The largest absolute Gasteiger partial charge is 0.497 e. The molecule has 1 atom stereocenters. The molecule has 1 saturated carbocycles. The van der Waals surface area contributed by atoms with Crippen LogP contribution in [0, 0.1) is 0 Å². The summed E-state index contributed by atoms with van der Waals surface area (Å²) in [5.74, 6) is 0.888. The summed E-state index contributed by atoms with van der Waals surface area (Å²) in [5, 5.41) is 3.14. The molecule has 1 N–H and O–H groups in total. The first-order valence-electron chi connectivity index (χ1n) is 12.1. The van der Waals surface area contributed by atoms with Gasteiger partial charge >= 0.3 is 12.2 Å². The number of hydrogen-bond acceptors (Lipinski definition) is 4. The van der Waals surface area contributed by atoms with Crippen LogP contribution in [-0.2, 0) is 22.4 Å². The highest BCUT2D eigenvalue weighted by molar-refractivity contribution is 8.01. The molecule has 3 aliphatic rings. The lowest BCUT2D eigenvalue weighted by molar-refractivity contribution is -0.137. The van der Waals surface area contributed by atoms with Crippen LogP contribution in [0.5, 0.6) is 5.75 Å². The van der Waals surface area contributed by atoms with Gasteiger partial charge in [0.1, 0.15) is 5.75 Å². The van der Waals surface area contributed by atoms with Crippen molar-refractivity contribution in [2.75, 3.05) is 24.3 Å². The van der Waals surface area contributed by atoms with Gasteiger partial charge in [-0.15, -0.1) is 11.8 Å². The molecule has 6 nitrogen and oxygen atoms in total. The molecule has 0 aromatic heterocycles. The molecule has 192 valence electrons. The second kappa shape index (κ2) is 9.53. The van der Waals surface area contributed by atoms with E-state index in [1.54, 1.807) is 35.1 Å². The van der Waals surface area contributed by atoms with Crippen molar-refractivity contribution in [1.82, 2.24) is 10.2 Å². The topological polar surface area (TPSA) is 61.9 Å². The van der Waals surface area contributed by atoms with Gasteiger partial charge in [-0.1, -0.05) is 31.4 Å². The van der Waals surface area contributed by atoms with Crippen LogP contribution in [0.25, 0.3) is 0 Å². The Balaban J connectivity index is 1.48. The van der Waals surface area contributed by atoms with E-state index in [1.165, 1.54) is 30.3 Å². The summed E-state index contributed by atoms with van der Waals surface area (Å²) in [5.41, 5.74) is 1.12. The number of nitrogens with one attached hydrogen (secondary N) is 1. The molecule has 0 radical (unpaired) electrons. The quantitative estimate of drug-likeness (QED) is 0.579. The number of ether oxygens (including phenoxy) is 1. The van der Waals surface area contributed by atoms with Gasteiger partial charge in [0, 0.05) is 23.9 Å². The maximum absolute atomic E-state index is 14.1. The zero-order valence-electron chi connectivity index (χ0n) is 19.9. The van der Waals surface area contributed by atoms with Crippen LogP contribution < -0.4 is 15.0 Å². The van der Waals surface area contributed by atoms with Crippen LogP contribution in [-0.4, -0.2) is 42.3 Å². The van der Waals surface area contributed by atoms with Crippen LogP contribution in [0.4, 0.5) is 23.7 Å². The van der Waals surface area contributed by atoms with Gasteiger partial charge in [0.05, 0.1) is 24.9 Å². The number of methoxy groups -OCH3 is 1. The molecule has 10 heteroatoms. The summed E-state index contributed by atoms with van der Waals surface area (Å²) in [7, 11) is 1.54. The van der Waals surface area contributed by atoms with E-state index in [-0.39, 0.29) is 24.5 Å². The zero-order chi connectivity index (χ0) is 25.5. The third kappa shape index (κ3) is 4.29. The Bertz CT molecular complexity index is 1150. The average Bonchev–Trinajstić information content (AvgIpc) is 3.41. The maximum Gasteiger partial charge on any atom is 0.416 e. The summed E-state index contributed by atoms with van der Waals surface area (Å²) in [6.45, 7) is 0.510. The van der Waals surface area contributed by atoms with E-state index in [1.807, 2.05) is 0 Å². The number of benzene rings is 2. The van der Waals surface area contributed by atoms with E-state index in [0.717, 1.165) is 37.8 Å². The van der Waals surface area contributed by atoms with Gasteiger partial charge in [-0.25, -0.2) is 4.79 Å². The Kier molecular flexibility index (Phi) is 6.57. The zero-order valence-corrected chi connectivity index (χ0v) is 20.8. The number of hydrogen-bond donors (Lipinski definition) is 1. The van der Waals surface area contributed by atoms with Gasteiger partial charge in [0.25, 0.3) is 5.91 Å². The van der Waals surface area contributed by atoms with Crippen molar-refractivity contribution >= 4 is 29.4 Å². The Morgan fingerprint density at radius 3 is 2.53 bits per heavy atom. The number of thioether (sulfide) groups is 1. The van der Waals surface area contributed by atoms with Crippen LogP contribution in [0.1, 0.15) is 48.8 Å². The average molecular weight is 520 g/mol. The van der Waals surface area contributed by atoms with Crippen molar-refractivity contribution in [1.29, 1.82) is 0 Å². The number of fused-ring (bicyclic) bond motifs is 2. The number of nitrogens with zero attached hydrogens (tertiary/aromatic N) is 2. The van der Waals surface area contributed by atoms with Gasteiger partial charge in [-0.05, 0) is 48.7 Å². The molecule has 2 aliphatic heterocycles. The predicted octanol–water partition coefficient (Wildman–Crippen LogP) is 5.50. The van der Waals surface area contributed by atoms with Gasteiger partial charge in [-0.2, -0.15) is 13.2 Å². The Hall–Kier alpha value is -2.88. The van der Waals surface area contributed by atoms with Crippen molar-refractivity contribution in [3.63, 3.8) is 0 Å². The number of anilines is 1. The number of halogens is 3. The van der Waals surface area contributed by atoms with E-state index in [0.29, 0.717) is 34.9 Å². The molecule has 1 aliphatic carbocycles. The van der Waals surface area contributed by atoms with E-state index in [9.17, 15) is 22.8 Å². The monoisotopic (exact) mass is 519 g/mol. The molecule has 36 heavy (non-hydrogen) atoms. The number of urea groups is 1. The van der Waals surface area contributed by atoms with Crippen LogP contribution >= 0.6 is 11.8 Å². The second-order valence-corrected chi connectivity index (χ2v) is 10.7. The molecule has 2 fully saturated rings. The molecular formula is C26H28F3N3O3S. The van der Waals surface area contributed by atoms with Crippen LogP contribution in [0.15, 0.2) is 42.5 Å². The first-order valence-corrected chi connectivity index (χ1v) is 13.1. The molecule has 0 bridgehead atoms. The fourth-order valence-electron chi connectivity index (χ4n) is 5.36. The minimum absolute atomic E-state index is 0.0939. The van der Waals surface area contributed by atoms with E-state index in [2.05, 4.69) is 5.32 Å². The molecule has 1 saturated heterocycles. The lowest BCUT2D eigenvalue weighted by Crippen LogP contribution is -2.55. The van der Waals surface area contributed by atoms with Gasteiger partial charge in [0.2, 0.25) is 0 Å². The molecule has 2 aromatic rings. The van der Waals surface area contributed by atoms with Gasteiger partial charge in [-0.3, -0.25) is 9.69 Å². The van der Waals surface area contributed by atoms with Crippen LogP contribution in [0.3, 0.4) is 0 Å². The minimum atomic E-state index is -4.43. The Morgan fingerprint density at radius 1 is 1.14 bits per heavy atom. The third-order valence-corrected chi connectivity index (χ3v) is 8.62. The summed E-state index contributed by atoms with van der Waals surface area (Å²) in [6, 6.07) is 9.98. The predicted molar refractivity (Wildman–Crippen MR) is 132 cm³/mol. The first kappa shape index (κ1) is 24.8. The fraction of sp³-hybridized carbons (Fsp3) is 0.462. The molecular weight excluding hydrogens is 491 g/mol. The van der Waals surface area contributed by atoms with Gasteiger partial charge in [0.15, 0.2) is 4.87 Å². The molecule has 3 amide bonds. The van der Waals surface area contributed by atoms with Crippen molar-refractivity contribution in [2.45, 2.75) is 55.7 Å². The Morgan fingerprint density at radius 2 is 1.86 bits per heavy atom. The van der Waals surface area contributed by atoms with Crippen molar-refractivity contribution in [3.8, 4) is 5.75 Å². The highest BCUT2D eigenvalue weighted by atomic mass is 32.2. The van der Waals surface area contributed by atoms with Crippen molar-refractivity contribution < 1.29 is 27.5 Å². The third-order valence-electron chi connectivity index (χ3n) is 7.20. The summed E-state index contributed by atoms with van der Waals surface area (Å²) in [4.78, 5) is 29.5. The first-order chi connectivity index (χ1) is 17.2. The van der Waals surface area contributed by atoms with Gasteiger partial charge < -0.3 is 15.0 Å². The number of rotatable bonds is 4. The second-order valence-electron chi connectivity index (χ2n) is 9.40. The van der Waals surface area contributed by atoms with Crippen molar-refractivity contribution in [2.24, 2.45) is 0 Å². The number of carbonyl (C=O) groups excluding carboxylic acids is 2. The smallest absolute Gasteiger partial charge is 0.416 e. The molecule has 1 spiro atoms. The molecule has 2 heterocycles. The molecule has 0 unspecified atom stereocenters. The highest BCUT2D eigenvalue weighted by Crippen LogP contribution is 2.55. The SMILES string of the molecule is COc1ccc2c(c1)[C@]1(SCCN1C(=O)NC1CCCCC1)C(=O)N2Cc1ccc(C(F)(F)F)cc1. The Labute approximate surface area is 212 Å². The van der Waals surface area contributed by atoms with Crippen LogP contribution in [0.2, 0.25) is 0 Å². The lowest BCUT2D eigenvalue weighted by Gasteiger charge is -2.35. The van der Waals surface area contributed by atoms with E-state index >= 15 is 0 Å². The normalized spacial score (nSPS) is 22.3. The summed E-state index contributed by atoms with van der Waals surface area (Å²) >= 11 is 1.41. The van der Waals surface area contributed by atoms with Crippen molar-refractivity contribution in [3.05, 3.63) is 59.2 Å². The maximum atomic E-state index is 14.1. The molecule has 2 aromatic carbocycles. The van der Waals surface area contributed by atoms with E-state index < -0.39 is 16.6 Å². The lowest BCUT2D eigenvalue weighted by atomic mass is 9.95. The fourth-order valence-corrected chi connectivity index (χ4v) is 6.81. The molecule has 5 rings (SSSR count). The van der Waals surface area contributed by atoms with E-state index in [4.69, 9.17) is 4.74 Å². The minimum Gasteiger partial charge on any atom is -0.497 e. The number of carbonyl (C=O) groups is 2. The summed E-state index contributed by atoms with van der Waals surface area (Å²) < 4.78 is 44.5. The number of alkyl halides is 3.